The molecule has 43 heavy (non-hydrogen) atoms. The van der Waals surface area contributed by atoms with Crippen molar-refractivity contribution >= 4 is 18.2 Å². The molecule has 4 N–H and O–H groups in total. The van der Waals surface area contributed by atoms with Gasteiger partial charge in [-0.1, -0.05) is 81.5 Å². The second-order valence-corrected chi connectivity index (χ2v) is 10.8. The van der Waals surface area contributed by atoms with Crippen LogP contribution in [0.1, 0.15) is 56.7 Å². The highest BCUT2D eigenvalue weighted by atomic mass is 16.5. The predicted molar refractivity (Wildman–Crippen MR) is 186 cm³/mol. The van der Waals surface area contributed by atoms with Crippen LogP contribution in [0.4, 0.5) is 5.69 Å². The van der Waals surface area contributed by atoms with Crippen molar-refractivity contribution in [2.24, 2.45) is 21.6 Å². The number of ether oxygens (including phenoxy) is 1. The lowest BCUT2D eigenvalue weighted by atomic mass is 9.98. The molecule has 0 amide bonds. The third-order valence-electron chi connectivity index (χ3n) is 7.02. The van der Waals surface area contributed by atoms with Crippen LogP contribution in [0, 0.1) is 0 Å². The normalized spacial score (nSPS) is 12.7. The second-order valence-electron chi connectivity index (χ2n) is 10.8. The van der Waals surface area contributed by atoms with Gasteiger partial charge in [-0.25, -0.2) is 4.99 Å². The summed E-state index contributed by atoms with van der Waals surface area (Å²) in [6.45, 7) is 19.4. The maximum Gasteiger partial charge on any atom is 0.131 e. The lowest BCUT2D eigenvalue weighted by Gasteiger charge is -2.20. The maximum atomic E-state index is 6.08. The number of nitrogens with zero attached hydrogens (tertiary/aromatic N) is 4. The minimum atomic E-state index is -0.0822. The lowest BCUT2D eigenvalue weighted by molar-refractivity contribution is 0.138. The molecule has 7 nitrogen and oxygen atoms in total. The van der Waals surface area contributed by atoms with Gasteiger partial charge in [0.25, 0.3) is 0 Å². The Morgan fingerprint density at radius 3 is 2.35 bits per heavy atom. The highest BCUT2D eigenvalue weighted by Gasteiger charge is 2.30. The Hall–Kier alpha value is -4.36. The van der Waals surface area contributed by atoms with Crippen LogP contribution in [0.2, 0.25) is 0 Å². The van der Waals surface area contributed by atoms with Crippen molar-refractivity contribution < 1.29 is 4.74 Å². The fraction of sp³-hybridized carbons (Fsp3) is 0.333. The quantitative estimate of drug-likeness (QED) is 0.101. The third-order valence-corrected chi connectivity index (χ3v) is 7.02. The number of nitrogens with two attached hydrogens (primary N) is 2. The smallest absolute Gasteiger partial charge is 0.131 e. The summed E-state index contributed by atoms with van der Waals surface area (Å²) >= 11 is 0. The summed E-state index contributed by atoms with van der Waals surface area (Å²) in [6, 6.07) is 22.8. The molecular weight excluding hydrogens is 532 g/mol. The van der Waals surface area contributed by atoms with Gasteiger partial charge in [0.2, 0.25) is 0 Å². The van der Waals surface area contributed by atoms with E-state index in [0.717, 1.165) is 47.6 Å². The van der Waals surface area contributed by atoms with E-state index >= 15 is 0 Å². The molecule has 0 saturated carbocycles. The van der Waals surface area contributed by atoms with Gasteiger partial charge in [-0.05, 0) is 68.4 Å². The SMILES string of the molecule is C=CN=C(N)c1ccccc1-c1ccc(CN(C=C)CCCCC)cc1.C=NN(C)c1ccc2c(c1)CC(C)(C)O2.CN. The molecule has 0 bridgehead atoms. The van der Waals surface area contributed by atoms with Crippen molar-refractivity contribution in [3.8, 4) is 16.9 Å². The molecular formula is C36H50N6O. The van der Waals surface area contributed by atoms with E-state index in [9.17, 15) is 0 Å². The molecule has 1 aliphatic rings. The first-order chi connectivity index (χ1) is 20.7. The van der Waals surface area contributed by atoms with Crippen LogP contribution in [0.15, 0.2) is 102 Å². The summed E-state index contributed by atoms with van der Waals surface area (Å²) in [5, 5.41) is 5.62. The van der Waals surface area contributed by atoms with Crippen molar-refractivity contribution in [3.05, 3.63) is 109 Å². The molecule has 3 aromatic carbocycles. The number of benzene rings is 3. The van der Waals surface area contributed by atoms with E-state index in [-0.39, 0.29) is 5.60 Å². The van der Waals surface area contributed by atoms with Crippen LogP contribution in [-0.4, -0.2) is 43.7 Å². The monoisotopic (exact) mass is 582 g/mol. The van der Waals surface area contributed by atoms with E-state index in [1.54, 1.807) is 5.01 Å². The number of hydrogen-bond donors (Lipinski definition) is 2. The van der Waals surface area contributed by atoms with Crippen molar-refractivity contribution in [1.82, 2.24) is 4.90 Å². The summed E-state index contributed by atoms with van der Waals surface area (Å²) in [7, 11) is 3.38. The maximum absolute atomic E-state index is 6.08. The van der Waals surface area contributed by atoms with Gasteiger partial charge in [0, 0.05) is 50.6 Å². The van der Waals surface area contributed by atoms with Gasteiger partial charge in [0.1, 0.15) is 17.2 Å². The van der Waals surface area contributed by atoms with Crippen LogP contribution in [-0.2, 0) is 13.0 Å². The first kappa shape index (κ1) is 34.8. The number of anilines is 1. The fourth-order valence-electron chi connectivity index (χ4n) is 4.83. The number of rotatable bonds is 12. The lowest BCUT2D eigenvalue weighted by Crippen LogP contribution is -2.24. The molecule has 0 aliphatic carbocycles. The standard InChI is InChI=1S/C23H29N3.C12H16N2O.CH5N/c1-4-7-10-17-26(6-3)18-19-13-15-20(16-14-19)21-11-8-9-12-22(21)23(24)25-5-2;1-12(2)8-9-7-10(14(4)13-3)5-6-11(9)15-12;1-2/h5-6,8-9,11-16H,2-4,7,10,17-18H2,1H3,(H2,24,25);5-7H,3,8H2,1-2,4H3;2H2,1H3. The van der Waals surface area contributed by atoms with Crippen LogP contribution in [0.3, 0.4) is 0 Å². The number of aliphatic imine (C=N–C) groups is 1. The molecule has 0 unspecified atom stereocenters. The van der Waals surface area contributed by atoms with E-state index in [1.807, 2.05) is 43.6 Å². The number of hydrogen-bond acceptors (Lipinski definition) is 6. The van der Waals surface area contributed by atoms with Gasteiger partial charge in [-0.2, -0.15) is 5.10 Å². The molecule has 1 heterocycles. The van der Waals surface area contributed by atoms with E-state index < -0.39 is 0 Å². The Morgan fingerprint density at radius 2 is 1.72 bits per heavy atom. The van der Waals surface area contributed by atoms with Gasteiger partial charge in [0.15, 0.2) is 0 Å². The predicted octanol–water partition coefficient (Wildman–Crippen LogP) is 7.36. The molecule has 0 radical (unpaired) electrons. The molecule has 0 atom stereocenters. The zero-order valence-corrected chi connectivity index (χ0v) is 26.7. The summed E-state index contributed by atoms with van der Waals surface area (Å²) in [4.78, 5) is 6.40. The largest absolute Gasteiger partial charge is 0.487 e. The summed E-state index contributed by atoms with van der Waals surface area (Å²) < 4.78 is 5.80. The highest BCUT2D eigenvalue weighted by Crippen LogP contribution is 2.36. The highest BCUT2D eigenvalue weighted by molar-refractivity contribution is 6.03. The molecule has 0 spiro atoms. The zero-order chi connectivity index (χ0) is 31.8. The van der Waals surface area contributed by atoms with Crippen LogP contribution >= 0.6 is 0 Å². The van der Waals surface area contributed by atoms with Gasteiger partial charge in [-0.15, -0.1) is 0 Å². The molecule has 1 aliphatic heterocycles. The first-order valence-electron chi connectivity index (χ1n) is 14.8. The van der Waals surface area contributed by atoms with E-state index in [1.165, 1.54) is 43.6 Å². The number of unbranched alkanes of at least 4 members (excludes halogenated alkanes) is 2. The summed E-state index contributed by atoms with van der Waals surface area (Å²) in [5.41, 5.74) is 17.2. The summed E-state index contributed by atoms with van der Waals surface area (Å²) in [6.07, 6.45) is 8.05. The average molecular weight is 583 g/mol. The first-order valence-corrected chi connectivity index (χ1v) is 14.8. The summed E-state index contributed by atoms with van der Waals surface area (Å²) in [5.74, 6) is 1.47. The van der Waals surface area contributed by atoms with Crippen molar-refractivity contribution in [2.45, 2.75) is 58.6 Å². The average Bonchev–Trinajstić information content (AvgIpc) is 3.35. The van der Waals surface area contributed by atoms with Crippen LogP contribution in [0.5, 0.6) is 5.75 Å². The Balaban J connectivity index is 0.000000320. The fourth-order valence-corrected chi connectivity index (χ4v) is 4.83. The molecule has 7 heteroatoms. The van der Waals surface area contributed by atoms with E-state index in [4.69, 9.17) is 10.5 Å². The Labute approximate surface area is 259 Å². The molecule has 0 fully saturated rings. The van der Waals surface area contributed by atoms with E-state index in [2.05, 4.69) is 97.8 Å². The van der Waals surface area contributed by atoms with E-state index in [0.29, 0.717) is 5.84 Å². The van der Waals surface area contributed by atoms with Crippen molar-refractivity contribution in [2.75, 3.05) is 25.6 Å². The number of fused-ring (bicyclic) bond motifs is 1. The molecule has 4 rings (SSSR count). The van der Waals surface area contributed by atoms with Crippen LogP contribution < -0.4 is 21.2 Å². The van der Waals surface area contributed by atoms with Gasteiger partial charge in [-0.3, -0.25) is 5.01 Å². The Bertz CT molecular complexity index is 1350. The minimum absolute atomic E-state index is 0.0822. The molecule has 3 aromatic rings. The van der Waals surface area contributed by atoms with Crippen LogP contribution in [0.25, 0.3) is 11.1 Å². The zero-order valence-electron chi connectivity index (χ0n) is 26.7. The molecule has 0 saturated heterocycles. The Kier molecular flexibility index (Phi) is 14.2. The second kappa shape index (κ2) is 17.6. The minimum Gasteiger partial charge on any atom is -0.487 e. The van der Waals surface area contributed by atoms with Gasteiger partial charge in [0.05, 0.1) is 5.69 Å². The number of amidine groups is 1. The topological polar surface area (TPSA) is 92.5 Å². The van der Waals surface area contributed by atoms with Gasteiger partial charge >= 0.3 is 0 Å². The Morgan fingerprint density at radius 1 is 1.02 bits per heavy atom. The third kappa shape index (κ3) is 10.5. The van der Waals surface area contributed by atoms with Crippen molar-refractivity contribution in [1.29, 1.82) is 0 Å². The molecule has 230 valence electrons. The number of hydrazone groups is 1. The molecule has 0 aromatic heterocycles. The van der Waals surface area contributed by atoms with Gasteiger partial charge < -0.3 is 21.1 Å². The van der Waals surface area contributed by atoms with Crippen molar-refractivity contribution in [3.63, 3.8) is 0 Å².